The maximum absolute atomic E-state index is 13.2. The molecule has 0 saturated heterocycles. The highest BCUT2D eigenvalue weighted by molar-refractivity contribution is 5.94. The van der Waals surface area contributed by atoms with Crippen LogP contribution in [0.25, 0.3) is 5.82 Å². The van der Waals surface area contributed by atoms with Crippen molar-refractivity contribution >= 4 is 5.91 Å². The molecular formula is C23H27FN4O. The molecule has 0 fully saturated rings. The van der Waals surface area contributed by atoms with E-state index in [1.807, 2.05) is 30.9 Å². The number of pyridine rings is 1. The Morgan fingerprint density at radius 2 is 1.86 bits per heavy atom. The van der Waals surface area contributed by atoms with E-state index in [9.17, 15) is 9.18 Å². The van der Waals surface area contributed by atoms with Gasteiger partial charge in [0.25, 0.3) is 5.91 Å². The van der Waals surface area contributed by atoms with Gasteiger partial charge in [0.05, 0.1) is 11.3 Å². The number of hydrogen-bond donors (Lipinski definition) is 0. The highest BCUT2D eigenvalue weighted by Crippen LogP contribution is 2.15. The summed E-state index contributed by atoms with van der Waals surface area (Å²) in [6.07, 6.45) is 4.67. The fraction of sp³-hybridized carbons (Fsp3) is 0.348. The number of rotatable bonds is 8. The van der Waals surface area contributed by atoms with Gasteiger partial charge in [-0.2, -0.15) is 5.10 Å². The first-order valence-corrected chi connectivity index (χ1v) is 10.0. The summed E-state index contributed by atoms with van der Waals surface area (Å²) in [6.45, 7) is 7.14. The molecule has 0 atom stereocenters. The van der Waals surface area contributed by atoms with Gasteiger partial charge in [-0.1, -0.05) is 31.9 Å². The van der Waals surface area contributed by atoms with Crippen molar-refractivity contribution in [2.75, 3.05) is 6.54 Å². The number of unbranched alkanes of at least 4 members (excludes halogenated alkanes) is 2. The van der Waals surface area contributed by atoms with Gasteiger partial charge in [-0.15, -0.1) is 0 Å². The van der Waals surface area contributed by atoms with E-state index in [0.717, 1.165) is 36.2 Å². The van der Waals surface area contributed by atoms with Crippen molar-refractivity contribution < 1.29 is 9.18 Å². The number of aromatic nitrogens is 3. The van der Waals surface area contributed by atoms with Gasteiger partial charge in [0.15, 0.2) is 5.82 Å². The number of hydrogen-bond acceptors (Lipinski definition) is 3. The molecule has 152 valence electrons. The van der Waals surface area contributed by atoms with Gasteiger partial charge in [0, 0.05) is 25.0 Å². The van der Waals surface area contributed by atoms with Crippen LogP contribution >= 0.6 is 0 Å². The van der Waals surface area contributed by atoms with Crippen LogP contribution in [0, 0.1) is 19.7 Å². The molecule has 0 N–H and O–H groups in total. The number of carbonyl (C=O) groups is 1. The summed E-state index contributed by atoms with van der Waals surface area (Å²) in [5.41, 5.74) is 3.36. The molecule has 0 spiro atoms. The van der Waals surface area contributed by atoms with Crippen molar-refractivity contribution in [2.24, 2.45) is 0 Å². The Labute approximate surface area is 171 Å². The van der Waals surface area contributed by atoms with Gasteiger partial charge in [-0.3, -0.25) is 4.79 Å². The molecule has 0 unspecified atom stereocenters. The maximum atomic E-state index is 13.2. The Balaban J connectivity index is 1.78. The molecule has 0 bridgehead atoms. The first-order valence-electron chi connectivity index (χ1n) is 10.0. The van der Waals surface area contributed by atoms with Crippen LogP contribution < -0.4 is 0 Å². The van der Waals surface area contributed by atoms with Crippen LogP contribution in [0.5, 0.6) is 0 Å². The minimum atomic E-state index is -0.276. The highest BCUT2D eigenvalue weighted by Gasteiger charge is 2.17. The number of amides is 1. The fourth-order valence-electron chi connectivity index (χ4n) is 3.30. The molecule has 0 saturated carbocycles. The molecule has 0 radical (unpaired) electrons. The zero-order chi connectivity index (χ0) is 20.8. The van der Waals surface area contributed by atoms with E-state index in [-0.39, 0.29) is 11.7 Å². The molecule has 3 rings (SSSR count). The quantitative estimate of drug-likeness (QED) is 0.513. The molecule has 0 aliphatic rings. The lowest BCUT2D eigenvalue weighted by Crippen LogP contribution is -2.31. The Bertz CT molecular complexity index is 948. The van der Waals surface area contributed by atoms with E-state index >= 15 is 0 Å². The average molecular weight is 394 g/mol. The Morgan fingerprint density at radius 1 is 1.10 bits per heavy atom. The number of aryl methyl sites for hydroxylation is 2. The van der Waals surface area contributed by atoms with Crippen LogP contribution in [-0.2, 0) is 6.54 Å². The molecule has 5 nitrogen and oxygen atoms in total. The van der Waals surface area contributed by atoms with Crippen molar-refractivity contribution in [3.63, 3.8) is 0 Å². The SMILES string of the molecule is CCCCCN(Cc1ccc(F)cc1)C(=O)c1ccc(-n2nc(C)cc2C)nc1. The van der Waals surface area contributed by atoms with Crippen molar-refractivity contribution in [1.29, 1.82) is 0 Å². The van der Waals surface area contributed by atoms with Crippen molar-refractivity contribution in [1.82, 2.24) is 19.7 Å². The van der Waals surface area contributed by atoms with Gasteiger partial charge < -0.3 is 4.90 Å². The number of benzene rings is 1. The van der Waals surface area contributed by atoms with Crippen LogP contribution in [0.4, 0.5) is 4.39 Å². The third kappa shape index (κ3) is 5.28. The van der Waals surface area contributed by atoms with E-state index in [1.165, 1.54) is 12.1 Å². The zero-order valence-corrected chi connectivity index (χ0v) is 17.2. The second-order valence-corrected chi connectivity index (χ2v) is 7.30. The number of nitrogens with zero attached hydrogens (tertiary/aromatic N) is 4. The minimum Gasteiger partial charge on any atom is -0.334 e. The molecule has 6 heteroatoms. The topological polar surface area (TPSA) is 51.0 Å². The molecule has 2 aromatic heterocycles. The highest BCUT2D eigenvalue weighted by atomic mass is 19.1. The number of halogens is 1. The predicted octanol–water partition coefficient (Wildman–Crippen LogP) is 4.86. The molecule has 0 aliphatic carbocycles. The van der Waals surface area contributed by atoms with Gasteiger partial charge in [-0.25, -0.2) is 14.1 Å². The van der Waals surface area contributed by atoms with E-state index in [0.29, 0.717) is 24.5 Å². The standard InChI is InChI=1S/C23H27FN4O/c1-4-5-6-13-27(16-19-7-10-21(24)11-8-19)23(29)20-9-12-22(25-15-20)28-18(3)14-17(2)26-28/h7-12,14-15H,4-6,13,16H2,1-3H3. The normalized spacial score (nSPS) is 10.9. The lowest BCUT2D eigenvalue weighted by Gasteiger charge is -2.23. The fourth-order valence-corrected chi connectivity index (χ4v) is 3.30. The second kappa shape index (κ2) is 9.45. The summed E-state index contributed by atoms with van der Waals surface area (Å²) >= 11 is 0. The molecule has 1 aromatic carbocycles. The Morgan fingerprint density at radius 3 is 2.45 bits per heavy atom. The summed E-state index contributed by atoms with van der Waals surface area (Å²) in [5.74, 6) is 0.336. The first-order chi connectivity index (χ1) is 14.0. The monoisotopic (exact) mass is 394 g/mol. The lowest BCUT2D eigenvalue weighted by molar-refractivity contribution is 0.0739. The van der Waals surface area contributed by atoms with Gasteiger partial charge in [0.1, 0.15) is 5.82 Å². The van der Waals surface area contributed by atoms with Gasteiger partial charge >= 0.3 is 0 Å². The second-order valence-electron chi connectivity index (χ2n) is 7.30. The van der Waals surface area contributed by atoms with Crippen LogP contribution in [0.1, 0.15) is 53.5 Å². The smallest absolute Gasteiger partial charge is 0.255 e. The molecule has 2 heterocycles. The van der Waals surface area contributed by atoms with Crippen LogP contribution in [0.3, 0.4) is 0 Å². The van der Waals surface area contributed by atoms with Crippen LogP contribution in [0.2, 0.25) is 0 Å². The summed E-state index contributed by atoms with van der Waals surface area (Å²) < 4.78 is 15.0. The third-order valence-corrected chi connectivity index (χ3v) is 4.83. The van der Waals surface area contributed by atoms with E-state index in [2.05, 4.69) is 17.0 Å². The molecule has 29 heavy (non-hydrogen) atoms. The van der Waals surface area contributed by atoms with Crippen molar-refractivity contribution in [3.05, 3.63) is 77.0 Å². The summed E-state index contributed by atoms with van der Waals surface area (Å²) in [6, 6.07) is 11.9. The van der Waals surface area contributed by atoms with Gasteiger partial charge in [0.2, 0.25) is 0 Å². The largest absolute Gasteiger partial charge is 0.334 e. The minimum absolute atomic E-state index is 0.0714. The van der Waals surface area contributed by atoms with Crippen molar-refractivity contribution in [3.8, 4) is 5.82 Å². The molecule has 3 aromatic rings. The summed E-state index contributed by atoms with van der Waals surface area (Å²) in [5, 5.41) is 4.43. The molecule has 1 amide bonds. The first kappa shape index (κ1) is 20.7. The number of carbonyl (C=O) groups excluding carboxylic acids is 1. The Hall–Kier alpha value is -3.02. The van der Waals surface area contributed by atoms with Crippen LogP contribution in [0.15, 0.2) is 48.7 Å². The van der Waals surface area contributed by atoms with E-state index < -0.39 is 0 Å². The average Bonchev–Trinajstić information content (AvgIpc) is 3.06. The molecular weight excluding hydrogens is 367 g/mol. The summed E-state index contributed by atoms with van der Waals surface area (Å²) in [7, 11) is 0. The summed E-state index contributed by atoms with van der Waals surface area (Å²) in [4.78, 5) is 19.4. The van der Waals surface area contributed by atoms with Crippen LogP contribution in [-0.4, -0.2) is 32.1 Å². The predicted molar refractivity (Wildman–Crippen MR) is 111 cm³/mol. The third-order valence-electron chi connectivity index (χ3n) is 4.83. The van der Waals surface area contributed by atoms with E-state index in [1.54, 1.807) is 29.1 Å². The lowest BCUT2D eigenvalue weighted by atomic mass is 10.1. The van der Waals surface area contributed by atoms with Gasteiger partial charge in [-0.05, 0) is 56.2 Å². The maximum Gasteiger partial charge on any atom is 0.255 e. The zero-order valence-electron chi connectivity index (χ0n) is 17.2. The molecule has 0 aliphatic heterocycles. The Kier molecular flexibility index (Phi) is 6.75. The van der Waals surface area contributed by atoms with Crippen molar-refractivity contribution in [2.45, 2.75) is 46.6 Å². The van der Waals surface area contributed by atoms with E-state index in [4.69, 9.17) is 0 Å².